The van der Waals surface area contributed by atoms with E-state index in [1.165, 1.54) is 5.56 Å². The zero-order chi connectivity index (χ0) is 30.0. The monoisotopic (exact) mass is 568 g/mol. The molecule has 0 saturated carbocycles. The molecule has 0 bridgehead atoms. The Morgan fingerprint density at radius 2 is 1.48 bits per heavy atom. The number of aromatic nitrogens is 3. The molecule has 0 fully saturated rings. The van der Waals surface area contributed by atoms with Crippen LogP contribution in [0.2, 0.25) is 0 Å². The lowest BCUT2D eigenvalue weighted by molar-refractivity contribution is 0.394. The second kappa shape index (κ2) is 9.66. The maximum absolute atomic E-state index is 9.76. The summed E-state index contributed by atoms with van der Waals surface area (Å²) in [6.07, 6.45) is 5.62. The van der Waals surface area contributed by atoms with E-state index in [1.807, 2.05) is 66.7 Å². The minimum Gasteiger partial charge on any atom is -0.316 e. The van der Waals surface area contributed by atoms with Crippen molar-refractivity contribution in [3.05, 3.63) is 126 Å². The van der Waals surface area contributed by atoms with Gasteiger partial charge in [-0.05, 0) is 67.3 Å². The van der Waals surface area contributed by atoms with Gasteiger partial charge in [-0.25, -0.2) is 9.97 Å². The molecule has 0 amide bonds. The van der Waals surface area contributed by atoms with E-state index in [0.717, 1.165) is 51.1 Å². The van der Waals surface area contributed by atoms with E-state index in [1.54, 1.807) is 0 Å². The first kappa shape index (κ1) is 25.9. The Morgan fingerprint density at radius 3 is 2.30 bits per heavy atom. The van der Waals surface area contributed by atoms with Gasteiger partial charge < -0.3 is 4.90 Å². The standard InChI is InChI=1S/C38H28N6/c1-24-16-17-38(2)31(18-24)30-20-26(23-40)13-15-34(30)44(38)36-21-35(41-37(42-36)27-8-4-3-5-9-27)43-32-11-7-6-10-28(32)29-19-25(22-39)12-14-33(29)43/h3-17,19-21,24,31H,18H2,1-2H3/t24?,31-,38?/m1/s1. The fourth-order valence-electron chi connectivity index (χ4n) is 7.23. The summed E-state index contributed by atoms with van der Waals surface area (Å²) in [7, 11) is 0. The number of allylic oxidation sites excluding steroid dienone is 1. The second-order valence-corrected chi connectivity index (χ2v) is 12.0. The van der Waals surface area contributed by atoms with Crippen LogP contribution in [0.4, 0.5) is 11.5 Å². The molecule has 6 aromatic rings. The largest absolute Gasteiger partial charge is 0.316 e. The third kappa shape index (κ3) is 3.78. The van der Waals surface area contributed by atoms with Crippen LogP contribution >= 0.6 is 0 Å². The van der Waals surface area contributed by atoms with Gasteiger partial charge in [0, 0.05) is 34.0 Å². The van der Waals surface area contributed by atoms with Crippen LogP contribution in [0.3, 0.4) is 0 Å². The number of rotatable bonds is 3. The van der Waals surface area contributed by atoms with Crippen molar-refractivity contribution in [2.24, 2.45) is 5.92 Å². The van der Waals surface area contributed by atoms with E-state index >= 15 is 0 Å². The van der Waals surface area contributed by atoms with Gasteiger partial charge in [0.15, 0.2) is 5.82 Å². The van der Waals surface area contributed by atoms with E-state index in [0.29, 0.717) is 22.9 Å². The average molecular weight is 569 g/mol. The Labute approximate surface area is 255 Å². The molecule has 0 saturated heterocycles. The Bertz CT molecular complexity index is 2230. The van der Waals surface area contributed by atoms with Crippen molar-refractivity contribution < 1.29 is 0 Å². The minimum atomic E-state index is -0.370. The van der Waals surface area contributed by atoms with Crippen molar-refractivity contribution in [3.63, 3.8) is 0 Å². The first-order valence-corrected chi connectivity index (χ1v) is 14.9. The van der Waals surface area contributed by atoms with Crippen LogP contribution in [0, 0.1) is 28.6 Å². The lowest BCUT2D eigenvalue weighted by atomic mass is 9.73. The molecule has 44 heavy (non-hydrogen) atoms. The van der Waals surface area contributed by atoms with Crippen LogP contribution in [0.1, 0.15) is 42.9 Å². The number of anilines is 2. The quantitative estimate of drug-likeness (QED) is 0.200. The van der Waals surface area contributed by atoms with E-state index in [9.17, 15) is 10.5 Å². The summed E-state index contributed by atoms with van der Waals surface area (Å²) in [5.41, 5.74) is 6.09. The van der Waals surface area contributed by atoms with Gasteiger partial charge in [-0.2, -0.15) is 10.5 Å². The van der Waals surface area contributed by atoms with E-state index in [-0.39, 0.29) is 11.5 Å². The number of hydrogen-bond donors (Lipinski definition) is 0. The van der Waals surface area contributed by atoms with Gasteiger partial charge in [-0.15, -0.1) is 0 Å². The van der Waals surface area contributed by atoms with Gasteiger partial charge in [0.2, 0.25) is 0 Å². The maximum Gasteiger partial charge on any atom is 0.163 e. The highest BCUT2D eigenvalue weighted by Crippen LogP contribution is 2.56. The lowest BCUT2D eigenvalue weighted by Crippen LogP contribution is -2.44. The zero-order valence-electron chi connectivity index (χ0n) is 24.4. The molecule has 2 aliphatic rings. The van der Waals surface area contributed by atoms with Gasteiger partial charge >= 0.3 is 0 Å². The number of benzene rings is 4. The minimum absolute atomic E-state index is 0.210. The molecular formula is C38H28N6. The predicted molar refractivity (Wildman–Crippen MR) is 174 cm³/mol. The van der Waals surface area contributed by atoms with Crippen LogP contribution in [0.25, 0.3) is 39.0 Å². The van der Waals surface area contributed by atoms with Crippen molar-refractivity contribution in [1.29, 1.82) is 10.5 Å². The maximum atomic E-state index is 9.76. The summed E-state index contributed by atoms with van der Waals surface area (Å²) in [5.74, 6) is 2.82. The number of fused-ring (bicyclic) bond motifs is 6. The number of hydrogen-bond acceptors (Lipinski definition) is 5. The van der Waals surface area contributed by atoms with Gasteiger partial charge in [0.05, 0.1) is 39.8 Å². The highest BCUT2D eigenvalue weighted by Gasteiger charge is 2.49. The van der Waals surface area contributed by atoms with Gasteiger partial charge in [-0.1, -0.05) is 67.6 Å². The first-order chi connectivity index (χ1) is 21.5. The topological polar surface area (TPSA) is 81.5 Å². The molecule has 4 aromatic carbocycles. The highest BCUT2D eigenvalue weighted by molar-refractivity contribution is 6.09. The fraction of sp³-hybridized carbons (Fsp3) is 0.158. The molecule has 0 spiro atoms. The van der Waals surface area contributed by atoms with Crippen molar-refractivity contribution in [2.75, 3.05) is 4.90 Å². The lowest BCUT2D eigenvalue weighted by Gasteiger charge is -2.41. The molecule has 0 N–H and O–H groups in total. The Morgan fingerprint density at radius 1 is 0.773 bits per heavy atom. The number of nitriles is 2. The molecule has 3 atom stereocenters. The van der Waals surface area contributed by atoms with Crippen molar-refractivity contribution in [1.82, 2.24) is 14.5 Å². The molecule has 6 nitrogen and oxygen atoms in total. The summed E-state index contributed by atoms with van der Waals surface area (Å²) < 4.78 is 2.18. The van der Waals surface area contributed by atoms with Crippen LogP contribution in [-0.2, 0) is 0 Å². The third-order valence-corrected chi connectivity index (χ3v) is 9.32. The van der Waals surface area contributed by atoms with E-state index in [2.05, 4.69) is 77.9 Å². The van der Waals surface area contributed by atoms with Crippen LogP contribution in [0.5, 0.6) is 0 Å². The average Bonchev–Trinajstić information content (AvgIpc) is 3.53. The molecule has 0 radical (unpaired) electrons. The molecule has 6 heteroatoms. The molecule has 210 valence electrons. The Kier molecular flexibility index (Phi) is 5.70. The van der Waals surface area contributed by atoms with Crippen molar-refractivity contribution >= 4 is 33.3 Å². The van der Waals surface area contributed by atoms with Crippen LogP contribution < -0.4 is 4.90 Å². The molecule has 1 aliphatic heterocycles. The normalized spacial score (nSPS) is 20.3. The molecule has 3 heterocycles. The summed E-state index contributed by atoms with van der Waals surface area (Å²) in [6.45, 7) is 4.53. The van der Waals surface area contributed by atoms with Gasteiger partial charge in [0.25, 0.3) is 0 Å². The smallest absolute Gasteiger partial charge is 0.163 e. The molecule has 8 rings (SSSR count). The molecule has 1 aliphatic carbocycles. The van der Waals surface area contributed by atoms with Gasteiger partial charge in [-0.3, -0.25) is 4.57 Å². The fourth-order valence-corrected chi connectivity index (χ4v) is 7.23. The Hall–Kier alpha value is -5.72. The van der Waals surface area contributed by atoms with Crippen LogP contribution in [-0.4, -0.2) is 20.1 Å². The van der Waals surface area contributed by atoms with Crippen LogP contribution in [0.15, 0.2) is 109 Å². The summed E-state index contributed by atoms with van der Waals surface area (Å²) >= 11 is 0. The summed E-state index contributed by atoms with van der Waals surface area (Å²) in [6, 6.07) is 36.9. The van der Waals surface area contributed by atoms with Gasteiger partial charge in [0.1, 0.15) is 11.6 Å². The number of para-hydroxylation sites is 1. The summed E-state index contributed by atoms with van der Waals surface area (Å²) in [5, 5.41) is 21.5. The highest BCUT2D eigenvalue weighted by atomic mass is 15.3. The third-order valence-electron chi connectivity index (χ3n) is 9.32. The van der Waals surface area contributed by atoms with E-state index < -0.39 is 0 Å². The number of nitrogens with zero attached hydrogens (tertiary/aromatic N) is 6. The Balaban J connectivity index is 1.43. The predicted octanol–water partition coefficient (Wildman–Crippen LogP) is 8.57. The zero-order valence-corrected chi connectivity index (χ0v) is 24.4. The summed E-state index contributed by atoms with van der Waals surface area (Å²) in [4.78, 5) is 12.8. The molecular weight excluding hydrogens is 540 g/mol. The van der Waals surface area contributed by atoms with Crippen molar-refractivity contribution in [3.8, 4) is 29.3 Å². The first-order valence-electron chi connectivity index (χ1n) is 14.9. The molecule has 2 unspecified atom stereocenters. The second-order valence-electron chi connectivity index (χ2n) is 12.0. The van der Waals surface area contributed by atoms with Crippen molar-refractivity contribution in [2.45, 2.75) is 31.7 Å². The van der Waals surface area contributed by atoms with E-state index in [4.69, 9.17) is 9.97 Å². The molecule has 2 aromatic heterocycles. The SMILES string of the molecule is CC1C=CC2(C)[C@H](C1)c1cc(C#N)ccc1N2c1cc(-n2c3ccccc3c3cc(C#N)ccc32)nc(-c2ccccc2)n1.